The summed E-state index contributed by atoms with van der Waals surface area (Å²) >= 11 is 0. The monoisotopic (exact) mass is 375 g/mol. The first-order chi connectivity index (χ1) is 12.4. The highest BCUT2D eigenvalue weighted by atomic mass is 32.2. The third-order valence-electron chi connectivity index (χ3n) is 5.30. The molecular weight excluding hydrogens is 354 g/mol. The lowest BCUT2D eigenvalue weighted by Gasteiger charge is -2.19. The number of nitrogens with zero attached hydrogens (tertiary/aromatic N) is 3. The predicted octanol–water partition coefficient (Wildman–Crippen LogP) is 1.52. The van der Waals surface area contributed by atoms with E-state index in [4.69, 9.17) is 4.52 Å². The number of aromatic nitrogens is 2. The Morgan fingerprint density at radius 1 is 1.19 bits per heavy atom. The molecule has 0 saturated carbocycles. The molecule has 1 amide bonds. The second kappa shape index (κ2) is 6.50. The lowest BCUT2D eigenvalue weighted by atomic mass is 9.89. The molecule has 0 radical (unpaired) electrons. The maximum atomic E-state index is 12.9. The quantitative estimate of drug-likeness (QED) is 0.807. The van der Waals surface area contributed by atoms with Crippen LogP contribution in [0.3, 0.4) is 0 Å². The van der Waals surface area contributed by atoms with Crippen LogP contribution in [0.4, 0.5) is 0 Å². The summed E-state index contributed by atoms with van der Waals surface area (Å²) in [7, 11) is -3.09. The minimum atomic E-state index is -3.09. The van der Waals surface area contributed by atoms with Crippen LogP contribution in [0.5, 0.6) is 0 Å². The summed E-state index contributed by atoms with van der Waals surface area (Å²) < 4.78 is 28.9. The van der Waals surface area contributed by atoms with Crippen molar-refractivity contribution < 1.29 is 17.7 Å². The summed E-state index contributed by atoms with van der Waals surface area (Å²) in [6.07, 6.45) is 0.415. The number of likely N-dealkylation sites (tertiary alicyclic amines) is 1. The fourth-order valence-electron chi connectivity index (χ4n) is 3.98. The molecule has 3 heterocycles. The van der Waals surface area contributed by atoms with Crippen molar-refractivity contribution in [1.82, 2.24) is 15.0 Å². The second-order valence-corrected chi connectivity index (χ2v) is 9.38. The van der Waals surface area contributed by atoms with Crippen molar-refractivity contribution in [2.75, 3.05) is 24.6 Å². The highest BCUT2D eigenvalue weighted by molar-refractivity contribution is 7.91. The summed E-state index contributed by atoms with van der Waals surface area (Å²) in [5.74, 6) is 0.627. The van der Waals surface area contributed by atoms with Gasteiger partial charge in [0.05, 0.1) is 23.3 Å². The Labute approximate surface area is 152 Å². The number of carbonyl (C=O) groups excluding carboxylic acids is 1. The van der Waals surface area contributed by atoms with Crippen LogP contribution in [-0.2, 0) is 14.6 Å². The topological polar surface area (TPSA) is 93.4 Å². The molecule has 0 unspecified atom stereocenters. The van der Waals surface area contributed by atoms with Crippen LogP contribution in [0.15, 0.2) is 34.9 Å². The highest BCUT2D eigenvalue weighted by Crippen LogP contribution is 2.40. The molecule has 0 spiro atoms. The molecule has 1 aromatic heterocycles. The van der Waals surface area contributed by atoms with Crippen molar-refractivity contribution in [2.24, 2.45) is 5.92 Å². The number of rotatable bonds is 3. The molecule has 8 heteroatoms. The first kappa shape index (κ1) is 17.2. The Balaban J connectivity index is 1.60. The summed E-state index contributed by atoms with van der Waals surface area (Å²) in [5, 5.41) is 3.89. The number of hydrogen-bond donors (Lipinski definition) is 0. The first-order valence-electron chi connectivity index (χ1n) is 8.77. The van der Waals surface area contributed by atoms with Gasteiger partial charge in [-0.1, -0.05) is 35.5 Å². The van der Waals surface area contributed by atoms with Crippen molar-refractivity contribution >= 4 is 15.7 Å². The largest absolute Gasteiger partial charge is 0.341 e. The van der Waals surface area contributed by atoms with Crippen LogP contribution in [0.25, 0.3) is 0 Å². The molecule has 0 aliphatic carbocycles. The van der Waals surface area contributed by atoms with E-state index < -0.39 is 15.8 Å². The van der Waals surface area contributed by atoms with Gasteiger partial charge in [0.2, 0.25) is 11.8 Å². The molecule has 1 aromatic carbocycles. The number of carbonyl (C=O) groups is 1. The van der Waals surface area contributed by atoms with E-state index in [9.17, 15) is 13.2 Å². The van der Waals surface area contributed by atoms with Gasteiger partial charge >= 0.3 is 0 Å². The van der Waals surface area contributed by atoms with Crippen molar-refractivity contribution in [3.63, 3.8) is 0 Å². The standard InChI is InChI=1S/C18H21N3O4S/c1-12-19-17(25-20-12)16-10-21(9-15(16)13-5-3-2-4-6-13)18(22)14-7-8-26(23,24)11-14/h2-6,14-16H,7-11H2,1H3/t14-,15+,16-/m1/s1. The number of amides is 1. The zero-order chi connectivity index (χ0) is 18.3. The SMILES string of the molecule is Cc1noc([C@@H]2CN(C(=O)[C@@H]3CCS(=O)(=O)C3)C[C@H]2c2ccccc2)n1. The lowest BCUT2D eigenvalue weighted by Crippen LogP contribution is -2.35. The normalized spacial score (nSPS) is 27.7. The Morgan fingerprint density at radius 3 is 2.54 bits per heavy atom. The zero-order valence-electron chi connectivity index (χ0n) is 14.5. The molecule has 138 valence electrons. The summed E-state index contributed by atoms with van der Waals surface area (Å²) in [5.41, 5.74) is 1.11. The summed E-state index contributed by atoms with van der Waals surface area (Å²) in [6.45, 7) is 2.77. The molecule has 4 rings (SSSR count). The van der Waals surface area contributed by atoms with E-state index in [2.05, 4.69) is 10.1 Å². The molecule has 26 heavy (non-hydrogen) atoms. The van der Waals surface area contributed by atoms with E-state index in [-0.39, 0.29) is 29.2 Å². The number of sulfone groups is 1. The van der Waals surface area contributed by atoms with E-state index in [0.717, 1.165) is 5.56 Å². The molecule has 7 nitrogen and oxygen atoms in total. The van der Waals surface area contributed by atoms with Crippen LogP contribution < -0.4 is 0 Å². The Kier molecular flexibility index (Phi) is 4.30. The van der Waals surface area contributed by atoms with E-state index in [0.29, 0.717) is 31.2 Å². The van der Waals surface area contributed by atoms with E-state index in [1.165, 1.54) is 0 Å². The molecule has 0 N–H and O–H groups in total. The van der Waals surface area contributed by atoms with Gasteiger partial charge in [0, 0.05) is 19.0 Å². The fourth-order valence-corrected chi connectivity index (χ4v) is 5.72. The van der Waals surface area contributed by atoms with Gasteiger partial charge in [-0.2, -0.15) is 4.98 Å². The van der Waals surface area contributed by atoms with Gasteiger partial charge in [-0.25, -0.2) is 8.42 Å². The van der Waals surface area contributed by atoms with Gasteiger partial charge in [-0.05, 0) is 18.9 Å². The van der Waals surface area contributed by atoms with E-state index in [1.54, 1.807) is 11.8 Å². The molecular formula is C18H21N3O4S. The van der Waals surface area contributed by atoms with Crippen LogP contribution in [0, 0.1) is 12.8 Å². The fraction of sp³-hybridized carbons (Fsp3) is 0.500. The predicted molar refractivity (Wildman–Crippen MR) is 94.3 cm³/mol. The molecule has 2 saturated heterocycles. The van der Waals surface area contributed by atoms with E-state index >= 15 is 0 Å². The van der Waals surface area contributed by atoms with Gasteiger partial charge in [-0.3, -0.25) is 4.79 Å². The first-order valence-corrected chi connectivity index (χ1v) is 10.6. The summed E-state index contributed by atoms with van der Waals surface area (Å²) in [6, 6.07) is 9.97. The second-order valence-electron chi connectivity index (χ2n) is 7.15. The smallest absolute Gasteiger partial charge is 0.232 e. The van der Waals surface area contributed by atoms with Crippen molar-refractivity contribution in [3.8, 4) is 0 Å². The van der Waals surface area contributed by atoms with Crippen LogP contribution in [0.1, 0.15) is 35.5 Å². The maximum absolute atomic E-state index is 12.9. The van der Waals surface area contributed by atoms with Crippen molar-refractivity contribution in [3.05, 3.63) is 47.6 Å². The molecule has 2 aliphatic heterocycles. The molecule has 2 aliphatic rings. The number of aryl methyl sites for hydroxylation is 1. The van der Waals surface area contributed by atoms with Crippen molar-refractivity contribution in [1.29, 1.82) is 0 Å². The minimum Gasteiger partial charge on any atom is -0.341 e. The molecule has 0 bridgehead atoms. The molecule has 3 atom stereocenters. The third kappa shape index (κ3) is 3.25. The average molecular weight is 375 g/mol. The maximum Gasteiger partial charge on any atom is 0.232 e. The minimum absolute atomic E-state index is 0.0390. The Hall–Kier alpha value is -2.22. The zero-order valence-corrected chi connectivity index (χ0v) is 15.4. The Bertz CT molecular complexity index is 910. The van der Waals surface area contributed by atoms with E-state index in [1.807, 2.05) is 30.3 Å². The summed E-state index contributed by atoms with van der Waals surface area (Å²) in [4.78, 5) is 19.0. The van der Waals surface area contributed by atoms with Gasteiger partial charge in [0.1, 0.15) is 0 Å². The highest BCUT2D eigenvalue weighted by Gasteiger charge is 2.43. The van der Waals surface area contributed by atoms with Crippen LogP contribution >= 0.6 is 0 Å². The third-order valence-corrected chi connectivity index (χ3v) is 7.07. The van der Waals surface area contributed by atoms with Crippen LogP contribution in [0.2, 0.25) is 0 Å². The lowest BCUT2D eigenvalue weighted by molar-refractivity contribution is -0.133. The van der Waals surface area contributed by atoms with Crippen molar-refractivity contribution in [2.45, 2.75) is 25.2 Å². The molecule has 2 fully saturated rings. The van der Waals surface area contributed by atoms with Gasteiger partial charge < -0.3 is 9.42 Å². The van der Waals surface area contributed by atoms with Gasteiger partial charge in [0.15, 0.2) is 15.7 Å². The Morgan fingerprint density at radius 2 is 1.92 bits per heavy atom. The number of hydrogen-bond acceptors (Lipinski definition) is 6. The van der Waals surface area contributed by atoms with Crippen LogP contribution in [-0.4, -0.2) is 54.0 Å². The average Bonchev–Trinajstić information content (AvgIpc) is 3.33. The van der Waals surface area contributed by atoms with Gasteiger partial charge in [0.25, 0.3) is 0 Å². The van der Waals surface area contributed by atoms with Gasteiger partial charge in [-0.15, -0.1) is 0 Å². The molecule has 2 aromatic rings. The number of benzene rings is 1.